The maximum atomic E-state index is 6.09. The van der Waals surface area contributed by atoms with Crippen LogP contribution in [0.5, 0.6) is 0 Å². The molecule has 1 rings (SSSR count). The number of halogens is 1. The summed E-state index contributed by atoms with van der Waals surface area (Å²) in [7, 11) is 0. The van der Waals surface area contributed by atoms with E-state index in [0.29, 0.717) is 6.04 Å². The molecule has 78 valence electrons. The van der Waals surface area contributed by atoms with Gasteiger partial charge in [-0.15, -0.1) is 0 Å². The molecule has 1 aromatic heterocycles. The Balaban J connectivity index is 2.81. The first-order valence-electron chi connectivity index (χ1n) is 5.12. The summed E-state index contributed by atoms with van der Waals surface area (Å²) in [5, 5.41) is 4.18. The average molecular weight is 213 g/mol. The van der Waals surface area contributed by atoms with Gasteiger partial charge in [-0.05, 0) is 24.6 Å². The first-order chi connectivity index (χ1) is 6.79. The van der Waals surface area contributed by atoms with Crippen molar-refractivity contribution < 1.29 is 0 Å². The van der Waals surface area contributed by atoms with Gasteiger partial charge in [0.1, 0.15) is 0 Å². The topological polar surface area (TPSA) is 24.9 Å². The third-order valence-corrected chi connectivity index (χ3v) is 2.52. The standard InChI is InChI=1S/C11H17ClN2/c1-3-5-11(14-4-2)9-6-7-13-8-10(9)12/h6-8,11,14H,3-5H2,1-2H3. The van der Waals surface area contributed by atoms with E-state index in [-0.39, 0.29) is 0 Å². The van der Waals surface area contributed by atoms with Crippen molar-refractivity contribution in [1.29, 1.82) is 0 Å². The molecule has 0 saturated heterocycles. The fourth-order valence-electron chi connectivity index (χ4n) is 1.57. The molecule has 0 aliphatic rings. The van der Waals surface area contributed by atoms with Crippen molar-refractivity contribution >= 4 is 11.6 Å². The zero-order chi connectivity index (χ0) is 10.4. The predicted octanol–water partition coefficient (Wildman–Crippen LogP) is 3.19. The van der Waals surface area contributed by atoms with Crippen LogP contribution in [-0.2, 0) is 0 Å². The van der Waals surface area contributed by atoms with Crippen LogP contribution >= 0.6 is 11.6 Å². The molecule has 0 fully saturated rings. The molecule has 1 atom stereocenters. The molecule has 0 saturated carbocycles. The quantitative estimate of drug-likeness (QED) is 0.811. The van der Waals surface area contributed by atoms with Crippen molar-refractivity contribution in [2.75, 3.05) is 6.54 Å². The van der Waals surface area contributed by atoms with E-state index >= 15 is 0 Å². The SMILES string of the molecule is CCCC(NCC)c1ccncc1Cl. The summed E-state index contributed by atoms with van der Waals surface area (Å²) in [6.45, 7) is 5.25. The Hall–Kier alpha value is -0.600. The van der Waals surface area contributed by atoms with Crippen LogP contribution in [0, 0.1) is 0 Å². The summed E-state index contributed by atoms with van der Waals surface area (Å²) in [6.07, 6.45) is 5.76. The minimum atomic E-state index is 0.362. The van der Waals surface area contributed by atoms with E-state index in [1.54, 1.807) is 12.4 Å². The second-order valence-electron chi connectivity index (χ2n) is 3.30. The van der Waals surface area contributed by atoms with E-state index < -0.39 is 0 Å². The lowest BCUT2D eigenvalue weighted by Crippen LogP contribution is -2.21. The van der Waals surface area contributed by atoms with Crippen LogP contribution in [0.1, 0.15) is 38.3 Å². The van der Waals surface area contributed by atoms with Crippen molar-refractivity contribution in [3.8, 4) is 0 Å². The number of nitrogens with one attached hydrogen (secondary N) is 1. The van der Waals surface area contributed by atoms with Gasteiger partial charge in [-0.1, -0.05) is 31.9 Å². The third-order valence-electron chi connectivity index (χ3n) is 2.21. The van der Waals surface area contributed by atoms with Crippen LogP contribution in [0.4, 0.5) is 0 Å². The zero-order valence-corrected chi connectivity index (χ0v) is 9.51. The molecule has 2 nitrogen and oxygen atoms in total. The normalized spacial score (nSPS) is 12.8. The molecule has 1 heterocycles. The number of aromatic nitrogens is 1. The molecule has 0 amide bonds. The molecule has 0 aromatic carbocycles. The average Bonchev–Trinajstić information content (AvgIpc) is 2.18. The van der Waals surface area contributed by atoms with Gasteiger partial charge in [0, 0.05) is 18.4 Å². The Morgan fingerprint density at radius 1 is 1.50 bits per heavy atom. The maximum absolute atomic E-state index is 6.09. The van der Waals surface area contributed by atoms with Gasteiger partial charge in [0.25, 0.3) is 0 Å². The molecule has 0 spiro atoms. The zero-order valence-electron chi connectivity index (χ0n) is 8.76. The molecule has 14 heavy (non-hydrogen) atoms. The maximum Gasteiger partial charge on any atom is 0.0637 e. The minimum absolute atomic E-state index is 0.362. The largest absolute Gasteiger partial charge is 0.310 e. The summed E-state index contributed by atoms with van der Waals surface area (Å²) in [5.74, 6) is 0. The molecular weight excluding hydrogens is 196 g/mol. The molecule has 1 aromatic rings. The smallest absolute Gasteiger partial charge is 0.0637 e. The monoisotopic (exact) mass is 212 g/mol. The van der Waals surface area contributed by atoms with E-state index in [1.165, 1.54) is 0 Å². The van der Waals surface area contributed by atoms with Crippen LogP contribution in [0.3, 0.4) is 0 Å². The van der Waals surface area contributed by atoms with E-state index in [9.17, 15) is 0 Å². The van der Waals surface area contributed by atoms with E-state index in [0.717, 1.165) is 30.0 Å². The first kappa shape index (κ1) is 11.5. The fraction of sp³-hybridized carbons (Fsp3) is 0.545. The summed E-state index contributed by atoms with van der Waals surface area (Å²) < 4.78 is 0. The van der Waals surface area contributed by atoms with Crippen molar-refractivity contribution in [2.24, 2.45) is 0 Å². The molecule has 0 aliphatic carbocycles. The van der Waals surface area contributed by atoms with E-state index in [4.69, 9.17) is 11.6 Å². The van der Waals surface area contributed by atoms with Crippen LogP contribution in [0.25, 0.3) is 0 Å². The number of pyridine rings is 1. The van der Waals surface area contributed by atoms with Gasteiger partial charge in [-0.2, -0.15) is 0 Å². The van der Waals surface area contributed by atoms with E-state index in [2.05, 4.69) is 24.1 Å². The van der Waals surface area contributed by atoms with Crippen molar-refractivity contribution in [3.63, 3.8) is 0 Å². The Morgan fingerprint density at radius 2 is 2.29 bits per heavy atom. The van der Waals surface area contributed by atoms with Crippen molar-refractivity contribution in [3.05, 3.63) is 29.0 Å². The van der Waals surface area contributed by atoms with Gasteiger partial charge in [0.05, 0.1) is 5.02 Å². The molecule has 0 bridgehead atoms. The minimum Gasteiger partial charge on any atom is -0.310 e. The number of hydrogen-bond donors (Lipinski definition) is 1. The second-order valence-corrected chi connectivity index (χ2v) is 3.70. The fourth-order valence-corrected chi connectivity index (χ4v) is 1.82. The van der Waals surface area contributed by atoms with Crippen LogP contribution in [-0.4, -0.2) is 11.5 Å². The Morgan fingerprint density at radius 3 is 2.86 bits per heavy atom. The lowest BCUT2D eigenvalue weighted by Gasteiger charge is -2.18. The highest BCUT2D eigenvalue weighted by Gasteiger charge is 2.11. The highest BCUT2D eigenvalue weighted by molar-refractivity contribution is 6.31. The van der Waals surface area contributed by atoms with Gasteiger partial charge in [0.2, 0.25) is 0 Å². The highest BCUT2D eigenvalue weighted by Crippen LogP contribution is 2.24. The van der Waals surface area contributed by atoms with Crippen LogP contribution < -0.4 is 5.32 Å². The van der Waals surface area contributed by atoms with Crippen molar-refractivity contribution in [2.45, 2.75) is 32.7 Å². The number of rotatable bonds is 5. The Bertz CT molecular complexity index is 270. The molecule has 1 unspecified atom stereocenters. The predicted molar refractivity (Wildman–Crippen MR) is 60.6 cm³/mol. The molecule has 1 N–H and O–H groups in total. The first-order valence-corrected chi connectivity index (χ1v) is 5.50. The van der Waals surface area contributed by atoms with Crippen molar-refractivity contribution in [1.82, 2.24) is 10.3 Å². The van der Waals surface area contributed by atoms with Gasteiger partial charge in [0.15, 0.2) is 0 Å². The van der Waals surface area contributed by atoms with Gasteiger partial charge in [-0.3, -0.25) is 4.98 Å². The molecule has 0 aliphatic heterocycles. The number of hydrogen-bond acceptors (Lipinski definition) is 2. The number of nitrogens with zero attached hydrogens (tertiary/aromatic N) is 1. The summed E-state index contributed by atoms with van der Waals surface area (Å²) in [5.41, 5.74) is 1.16. The van der Waals surface area contributed by atoms with Crippen LogP contribution in [0.2, 0.25) is 5.02 Å². The van der Waals surface area contributed by atoms with E-state index in [1.807, 2.05) is 6.07 Å². The molecule has 0 radical (unpaired) electrons. The lowest BCUT2D eigenvalue weighted by molar-refractivity contribution is 0.509. The summed E-state index contributed by atoms with van der Waals surface area (Å²) in [6, 6.07) is 2.35. The summed E-state index contributed by atoms with van der Waals surface area (Å²) >= 11 is 6.09. The molecular formula is C11H17ClN2. The van der Waals surface area contributed by atoms with Gasteiger partial charge in [-0.25, -0.2) is 0 Å². The summed E-state index contributed by atoms with van der Waals surface area (Å²) in [4.78, 5) is 3.99. The lowest BCUT2D eigenvalue weighted by atomic mass is 10.0. The second kappa shape index (κ2) is 5.99. The highest BCUT2D eigenvalue weighted by atomic mass is 35.5. The van der Waals surface area contributed by atoms with Gasteiger partial charge < -0.3 is 5.32 Å². The molecule has 3 heteroatoms. The Kier molecular flexibility index (Phi) is 4.91. The van der Waals surface area contributed by atoms with Gasteiger partial charge >= 0.3 is 0 Å². The van der Waals surface area contributed by atoms with Crippen LogP contribution in [0.15, 0.2) is 18.5 Å². The Labute approximate surface area is 90.7 Å². The third kappa shape index (κ3) is 2.96.